The van der Waals surface area contributed by atoms with Crippen LogP contribution in [0.1, 0.15) is 242 Å². The average molecular weight is 1270 g/mol. The molecule has 480 valence electrons. The number of ketones is 2. The Morgan fingerprint density at radius 3 is 1.38 bits per heavy atom. The Labute approximate surface area is 554 Å². The van der Waals surface area contributed by atoms with E-state index in [1.807, 2.05) is 48.5 Å². The maximum atomic E-state index is 16.0. The molecule has 0 saturated heterocycles. The molecule has 0 bridgehead atoms. The van der Waals surface area contributed by atoms with Crippen LogP contribution in [0.4, 0.5) is 31.5 Å². The van der Waals surface area contributed by atoms with Crippen LogP contribution in [0.25, 0.3) is 11.1 Å². The minimum absolute atomic E-state index is 0.0450. The van der Waals surface area contributed by atoms with E-state index in [-0.39, 0.29) is 40.5 Å². The highest BCUT2D eigenvalue weighted by atomic mass is 32.2. The number of anilines is 4. The standard InChI is InChI=1S/C81H92F2N4O3S2/c1-9-11-13-15-17-67(82)78(83)90-64-50-84-79(85-51-64)59-28-26-56(27-29-59)58-32-44-66(45-33-58)92-71-49-48-70(91-65-42-30-57(31-43-65)55-24-22-54(23-25-55)53-20-18-52(19-21-53)16-14-12-10-2)74-75(71)77(89)73-69(87-63-40-36-61(37-41-63)81(6,7)8)47-46-68(72(73)76(74)88)86-62-38-34-60(35-39-62)80(3,4)5/h22-25,30-53,56,59,67,78,86-87H,9-21,26-29H2,1-8H3/t52?,53?,56?,59?,67-,78+/m0/s1. The summed E-state index contributed by atoms with van der Waals surface area (Å²) in [5.74, 6) is 2.41. The second-order valence-corrected chi connectivity index (χ2v) is 30.3. The fourth-order valence-corrected chi connectivity index (χ4v) is 15.6. The van der Waals surface area contributed by atoms with E-state index >= 15 is 9.59 Å². The highest BCUT2D eigenvalue weighted by Gasteiger charge is 2.39. The number of hydrogen-bond donors (Lipinski definition) is 2. The number of aromatic nitrogens is 2. The Hall–Kier alpha value is -7.08. The number of halogens is 2. The average Bonchev–Trinajstić information content (AvgIpc) is 0.794. The minimum Gasteiger partial charge on any atom is -0.454 e. The SMILES string of the molecule is CCCCCC[C@H](F)[C@H](F)Oc1cnc(C2CCC(c3ccc(Sc4ccc(Sc5ccc(-c6ccc(C7CCC(CCCCC)CC7)cc6)cc5)c5c4C(=O)c4c(Nc6ccc(C(C)(C)C)cc6)ccc(Nc6ccc(C(C)(C)C)cc6)c4C5=O)cc3)CC2)nc1. The lowest BCUT2D eigenvalue weighted by Crippen LogP contribution is -2.25. The van der Waals surface area contributed by atoms with Gasteiger partial charge >= 0.3 is 0 Å². The van der Waals surface area contributed by atoms with Crippen molar-refractivity contribution in [1.29, 1.82) is 0 Å². The van der Waals surface area contributed by atoms with Crippen molar-refractivity contribution in [1.82, 2.24) is 9.97 Å². The molecule has 3 aliphatic carbocycles. The van der Waals surface area contributed by atoms with Crippen molar-refractivity contribution in [3.63, 3.8) is 0 Å². The molecule has 11 heteroatoms. The smallest absolute Gasteiger partial charge is 0.269 e. The molecule has 7 aromatic carbocycles. The summed E-state index contributed by atoms with van der Waals surface area (Å²) in [5, 5.41) is 7.20. The summed E-state index contributed by atoms with van der Waals surface area (Å²) in [6, 6.07) is 51.0. The maximum Gasteiger partial charge on any atom is 0.269 e. The second kappa shape index (κ2) is 29.9. The van der Waals surface area contributed by atoms with Crippen molar-refractivity contribution in [3.8, 4) is 16.9 Å². The Morgan fingerprint density at radius 2 is 0.913 bits per heavy atom. The molecule has 7 nitrogen and oxygen atoms in total. The highest BCUT2D eigenvalue weighted by molar-refractivity contribution is 8.00. The van der Waals surface area contributed by atoms with Crippen molar-refractivity contribution in [2.24, 2.45) is 5.92 Å². The summed E-state index contributed by atoms with van der Waals surface area (Å²) in [6.07, 6.45) is 17.2. The Morgan fingerprint density at radius 1 is 0.489 bits per heavy atom. The van der Waals surface area contributed by atoms with Crippen molar-refractivity contribution in [2.75, 3.05) is 10.6 Å². The zero-order valence-corrected chi connectivity index (χ0v) is 56.8. The van der Waals surface area contributed by atoms with Crippen molar-refractivity contribution < 1.29 is 23.1 Å². The summed E-state index contributed by atoms with van der Waals surface area (Å²) in [5.41, 5.74) is 11.5. The number of nitrogens with one attached hydrogen (secondary N) is 2. The molecule has 0 radical (unpaired) electrons. The fraction of sp³-hybridized carbons (Fsp3) is 0.407. The van der Waals surface area contributed by atoms with Crippen molar-refractivity contribution in [3.05, 3.63) is 208 Å². The first-order valence-corrected chi connectivity index (χ1v) is 35.6. The number of unbranched alkanes of at least 4 members (excludes halogenated alkanes) is 5. The quantitative estimate of drug-likeness (QED) is 0.0574. The predicted octanol–water partition coefficient (Wildman–Crippen LogP) is 23.6. The Balaban J connectivity index is 0.861. The number of carbonyl (C=O) groups excluding carboxylic acids is 2. The van der Waals surface area contributed by atoms with Gasteiger partial charge in [0.05, 0.1) is 34.9 Å². The lowest BCUT2D eigenvalue weighted by atomic mass is 9.77. The van der Waals surface area contributed by atoms with Crippen LogP contribution >= 0.6 is 23.5 Å². The van der Waals surface area contributed by atoms with E-state index in [4.69, 9.17) is 4.74 Å². The maximum absolute atomic E-state index is 16.0. The molecule has 2 atom stereocenters. The molecular weight excluding hydrogens is 1180 g/mol. The van der Waals surface area contributed by atoms with Crippen LogP contribution in [0.3, 0.4) is 0 Å². The van der Waals surface area contributed by atoms with Crippen LogP contribution in [0.2, 0.25) is 0 Å². The first kappa shape index (κ1) is 66.4. The van der Waals surface area contributed by atoms with Crippen LogP contribution in [0.5, 0.6) is 5.75 Å². The molecule has 92 heavy (non-hydrogen) atoms. The molecule has 2 N–H and O–H groups in total. The molecule has 2 saturated carbocycles. The van der Waals surface area contributed by atoms with Gasteiger partial charge in [0.2, 0.25) is 0 Å². The number of fused-ring (bicyclic) bond motifs is 2. The van der Waals surface area contributed by atoms with Gasteiger partial charge in [0, 0.05) is 48.0 Å². The summed E-state index contributed by atoms with van der Waals surface area (Å²) < 4.78 is 34.4. The van der Waals surface area contributed by atoms with Crippen LogP contribution in [0.15, 0.2) is 178 Å². The summed E-state index contributed by atoms with van der Waals surface area (Å²) in [4.78, 5) is 44.5. The van der Waals surface area contributed by atoms with Gasteiger partial charge in [-0.3, -0.25) is 9.59 Å². The van der Waals surface area contributed by atoms with E-state index < -0.39 is 12.5 Å². The lowest BCUT2D eigenvalue weighted by Gasteiger charge is -2.29. The van der Waals surface area contributed by atoms with Gasteiger partial charge in [-0.05, 0) is 193 Å². The van der Waals surface area contributed by atoms with E-state index in [1.165, 1.54) is 115 Å². The molecule has 1 aromatic heterocycles. The molecule has 1 heterocycles. The number of hydrogen-bond acceptors (Lipinski definition) is 9. The van der Waals surface area contributed by atoms with E-state index in [1.54, 1.807) is 0 Å². The normalized spacial score (nSPS) is 18.2. The monoisotopic (exact) mass is 1270 g/mol. The number of alkyl halides is 2. The predicted molar refractivity (Wildman–Crippen MR) is 377 cm³/mol. The van der Waals surface area contributed by atoms with Crippen LogP contribution < -0.4 is 15.4 Å². The molecule has 0 amide bonds. The van der Waals surface area contributed by atoms with Crippen molar-refractivity contribution in [2.45, 2.75) is 225 Å². The molecular formula is C81H92F2N4O3S2. The van der Waals surface area contributed by atoms with Crippen LogP contribution in [-0.2, 0) is 10.8 Å². The molecule has 0 unspecified atom stereocenters. The molecule has 11 rings (SSSR count). The van der Waals surface area contributed by atoms with E-state index in [0.717, 1.165) is 82.5 Å². The third-order valence-electron chi connectivity index (χ3n) is 19.3. The fourth-order valence-electron chi connectivity index (χ4n) is 13.7. The molecule has 8 aromatic rings. The summed E-state index contributed by atoms with van der Waals surface area (Å²) >= 11 is 3.03. The van der Waals surface area contributed by atoms with Crippen molar-refractivity contribution >= 4 is 57.8 Å². The minimum atomic E-state index is -2.05. The number of benzene rings is 7. The van der Waals surface area contributed by atoms with Crippen LogP contribution in [-0.4, -0.2) is 34.1 Å². The van der Waals surface area contributed by atoms with Gasteiger partial charge < -0.3 is 15.4 Å². The molecule has 0 spiro atoms. The zero-order valence-electron chi connectivity index (χ0n) is 55.2. The second-order valence-electron chi connectivity index (χ2n) is 28.1. The van der Waals surface area contributed by atoms with E-state index in [2.05, 4.69) is 173 Å². The van der Waals surface area contributed by atoms with Gasteiger partial charge in [0.15, 0.2) is 23.5 Å². The molecule has 0 aliphatic heterocycles. The van der Waals surface area contributed by atoms with Crippen LogP contribution in [0, 0.1) is 5.92 Å². The van der Waals surface area contributed by atoms with Gasteiger partial charge in [-0.2, -0.15) is 4.39 Å². The third-order valence-corrected chi connectivity index (χ3v) is 21.5. The zero-order chi connectivity index (χ0) is 64.5. The number of ether oxygens (including phenoxy) is 1. The Bertz CT molecular complexity index is 3770. The van der Waals surface area contributed by atoms with Gasteiger partial charge in [0.25, 0.3) is 6.36 Å². The number of nitrogens with zero attached hydrogens (tertiary/aromatic N) is 2. The molecule has 2 fully saturated rings. The largest absolute Gasteiger partial charge is 0.454 e. The van der Waals surface area contributed by atoms with Gasteiger partial charge in [-0.25, -0.2) is 14.4 Å². The summed E-state index contributed by atoms with van der Waals surface area (Å²) in [7, 11) is 0. The Kier molecular flexibility index (Phi) is 21.6. The van der Waals surface area contributed by atoms with E-state index in [0.29, 0.717) is 62.6 Å². The third kappa shape index (κ3) is 16.1. The number of rotatable bonds is 24. The highest BCUT2D eigenvalue weighted by Crippen LogP contribution is 2.48. The van der Waals surface area contributed by atoms with Gasteiger partial charge in [-0.1, -0.05) is 203 Å². The molecule has 3 aliphatic rings. The topological polar surface area (TPSA) is 93.2 Å². The summed E-state index contributed by atoms with van der Waals surface area (Å²) in [6.45, 7) is 17.5. The van der Waals surface area contributed by atoms with Gasteiger partial charge in [-0.15, -0.1) is 0 Å². The number of carbonyl (C=O) groups is 2. The lowest BCUT2D eigenvalue weighted by molar-refractivity contribution is -0.0104. The first-order chi connectivity index (χ1) is 44.4. The van der Waals surface area contributed by atoms with E-state index in [9.17, 15) is 8.78 Å². The first-order valence-electron chi connectivity index (χ1n) is 34.0. The van der Waals surface area contributed by atoms with Gasteiger partial charge in [0.1, 0.15) is 5.82 Å².